The second-order valence-electron chi connectivity index (χ2n) is 6.91. The van der Waals surface area contributed by atoms with E-state index >= 15 is 0 Å². The van der Waals surface area contributed by atoms with Crippen LogP contribution in [0.5, 0.6) is 0 Å². The number of benzene rings is 2. The largest absolute Gasteiger partial charge is 0.368 e. The SMILES string of the molecule is CS(=O)(=O)N[C@@H](C(=O)N1CCC1C(N)=O)C(c1ccccc1)c1ccccc1. The highest BCUT2D eigenvalue weighted by atomic mass is 32.2. The molecule has 7 nitrogen and oxygen atoms in total. The summed E-state index contributed by atoms with van der Waals surface area (Å²) >= 11 is 0. The second-order valence-corrected chi connectivity index (χ2v) is 8.69. The molecule has 2 aromatic rings. The minimum atomic E-state index is -3.70. The first-order valence-electron chi connectivity index (χ1n) is 8.95. The van der Waals surface area contributed by atoms with Gasteiger partial charge in [-0.05, 0) is 17.5 Å². The summed E-state index contributed by atoms with van der Waals surface area (Å²) in [4.78, 5) is 26.3. The van der Waals surface area contributed by atoms with Gasteiger partial charge in [-0.25, -0.2) is 13.1 Å². The molecule has 1 unspecified atom stereocenters. The van der Waals surface area contributed by atoms with Crippen LogP contribution < -0.4 is 10.5 Å². The Labute approximate surface area is 164 Å². The van der Waals surface area contributed by atoms with Gasteiger partial charge >= 0.3 is 0 Å². The van der Waals surface area contributed by atoms with E-state index in [0.29, 0.717) is 13.0 Å². The number of likely N-dealkylation sites (tertiary alicyclic amines) is 1. The van der Waals surface area contributed by atoms with Gasteiger partial charge in [-0.2, -0.15) is 0 Å². The Morgan fingerprint density at radius 1 is 1.04 bits per heavy atom. The maximum atomic E-state index is 13.3. The quantitative estimate of drug-likeness (QED) is 0.716. The zero-order valence-electron chi connectivity index (χ0n) is 15.5. The highest BCUT2D eigenvalue weighted by Crippen LogP contribution is 2.31. The molecular formula is C20H23N3O4S. The van der Waals surface area contributed by atoms with E-state index in [0.717, 1.165) is 17.4 Å². The molecule has 8 heteroatoms. The number of primary amides is 1. The van der Waals surface area contributed by atoms with Gasteiger partial charge < -0.3 is 10.6 Å². The Hall–Kier alpha value is -2.71. The molecule has 0 spiro atoms. The van der Waals surface area contributed by atoms with Gasteiger partial charge in [0.1, 0.15) is 12.1 Å². The first kappa shape index (κ1) is 20.0. The van der Waals surface area contributed by atoms with Crippen LogP contribution in [0.1, 0.15) is 23.5 Å². The zero-order chi connectivity index (χ0) is 20.3. The third-order valence-electron chi connectivity index (χ3n) is 4.89. The molecule has 1 fully saturated rings. The number of nitrogens with two attached hydrogens (primary N) is 1. The lowest BCUT2D eigenvalue weighted by Gasteiger charge is -2.42. The smallest absolute Gasteiger partial charge is 0.242 e. The van der Waals surface area contributed by atoms with Gasteiger partial charge in [0, 0.05) is 12.5 Å². The van der Waals surface area contributed by atoms with Crippen molar-refractivity contribution in [1.29, 1.82) is 0 Å². The van der Waals surface area contributed by atoms with E-state index in [-0.39, 0.29) is 0 Å². The predicted molar refractivity (Wildman–Crippen MR) is 106 cm³/mol. The average Bonchev–Trinajstić information content (AvgIpc) is 2.60. The number of hydrogen-bond acceptors (Lipinski definition) is 4. The minimum Gasteiger partial charge on any atom is -0.368 e. The van der Waals surface area contributed by atoms with Crippen molar-refractivity contribution >= 4 is 21.8 Å². The Morgan fingerprint density at radius 2 is 1.54 bits per heavy atom. The third kappa shape index (κ3) is 4.40. The van der Waals surface area contributed by atoms with Crippen LogP contribution in [-0.2, 0) is 19.6 Å². The number of nitrogens with zero attached hydrogens (tertiary/aromatic N) is 1. The first-order valence-corrected chi connectivity index (χ1v) is 10.8. The first-order chi connectivity index (χ1) is 13.3. The van der Waals surface area contributed by atoms with E-state index in [9.17, 15) is 18.0 Å². The maximum Gasteiger partial charge on any atom is 0.242 e. The number of nitrogens with one attached hydrogen (secondary N) is 1. The average molecular weight is 401 g/mol. The van der Waals surface area contributed by atoms with Gasteiger partial charge in [0.2, 0.25) is 21.8 Å². The van der Waals surface area contributed by atoms with E-state index < -0.39 is 39.8 Å². The van der Waals surface area contributed by atoms with Gasteiger partial charge in [-0.1, -0.05) is 60.7 Å². The lowest BCUT2D eigenvalue weighted by Crippen LogP contribution is -2.62. The van der Waals surface area contributed by atoms with Crippen LogP contribution in [0.2, 0.25) is 0 Å². The summed E-state index contributed by atoms with van der Waals surface area (Å²) in [6.07, 6.45) is 1.50. The molecule has 2 amide bonds. The van der Waals surface area contributed by atoms with Gasteiger partial charge in [-0.15, -0.1) is 0 Å². The fourth-order valence-electron chi connectivity index (χ4n) is 3.52. The number of amides is 2. The molecule has 28 heavy (non-hydrogen) atoms. The number of carbonyl (C=O) groups excluding carboxylic acids is 2. The van der Waals surface area contributed by atoms with Crippen molar-refractivity contribution in [3.8, 4) is 0 Å². The Morgan fingerprint density at radius 3 is 1.89 bits per heavy atom. The highest BCUT2D eigenvalue weighted by Gasteiger charge is 2.43. The van der Waals surface area contributed by atoms with Crippen LogP contribution in [0, 0.1) is 0 Å². The molecule has 1 aliphatic rings. The fraction of sp³-hybridized carbons (Fsp3) is 0.300. The summed E-state index contributed by atoms with van der Waals surface area (Å²) in [7, 11) is -3.70. The Bertz CT molecular complexity index is 908. The topological polar surface area (TPSA) is 110 Å². The highest BCUT2D eigenvalue weighted by molar-refractivity contribution is 7.88. The molecule has 1 heterocycles. The van der Waals surface area contributed by atoms with Crippen LogP contribution >= 0.6 is 0 Å². The normalized spacial score (nSPS) is 17.8. The lowest BCUT2D eigenvalue weighted by atomic mass is 9.84. The fourth-order valence-corrected chi connectivity index (χ4v) is 4.21. The number of carbonyl (C=O) groups is 2. The van der Waals surface area contributed by atoms with Gasteiger partial charge in [0.05, 0.1) is 6.26 Å². The minimum absolute atomic E-state index is 0.366. The summed E-state index contributed by atoms with van der Waals surface area (Å²) in [6.45, 7) is 0.366. The molecule has 148 valence electrons. The van der Waals surface area contributed by atoms with E-state index in [1.165, 1.54) is 4.90 Å². The summed E-state index contributed by atoms with van der Waals surface area (Å²) < 4.78 is 26.7. The van der Waals surface area contributed by atoms with Gasteiger partial charge in [-0.3, -0.25) is 9.59 Å². The van der Waals surface area contributed by atoms with Crippen molar-refractivity contribution in [2.45, 2.75) is 24.4 Å². The van der Waals surface area contributed by atoms with Crippen molar-refractivity contribution in [3.05, 3.63) is 71.8 Å². The zero-order valence-corrected chi connectivity index (χ0v) is 16.3. The third-order valence-corrected chi connectivity index (χ3v) is 5.57. The summed E-state index contributed by atoms with van der Waals surface area (Å²) in [5, 5.41) is 0. The molecule has 0 aliphatic carbocycles. The van der Waals surface area contributed by atoms with Gasteiger partial charge in [0.25, 0.3) is 0 Å². The number of sulfonamides is 1. The maximum absolute atomic E-state index is 13.3. The molecule has 1 aliphatic heterocycles. The molecule has 2 aromatic carbocycles. The standard InChI is InChI=1S/C20H23N3O4S/c1-28(26,27)22-18(20(25)23-13-12-16(23)19(21)24)17(14-8-4-2-5-9-14)15-10-6-3-7-11-15/h2-11,16-18,22H,12-13H2,1H3,(H2,21,24)/t16?,18-/m1/s1. The van der Waals surface area contributed by atoms with E-state index in [1.54, 1.807) is 0 Å². The Balaban J connectivity index is 2.07. The number of hydrogen-bond donors (Lipinski definition) is 2. The van der Waals surface area contributed by atoms with Crippen LogP contribution in [0.3, 0.4) is 0 Å². The summed E-state index contributed by atoms with van der Waals surface area (Å²) in [5.74, 6) is -1.61. The number of rotatable bonds is 7. The van der Waals surface area contributed by atoms with Crippen molar-refractivity contribution in [1.82, 2.24) is 9.62 Å². The van der Waals surface area contributed by atoms with Crippen LogP contribution in [0.25, 0.3) is 0 Å². The lowest BCUT2D eigenvalue weighted by molar-refractivity contribution is -0.147. The van der Waals surface area contributed by atoms with Crippen molar-refractivity contribution in [3.63, 3.8) is 0 Å². The predicted octanol–water partition coefficient (Wildman–Crippen LogP) is 0.823. The molecule has 0 radical (unpaired) electrons. The van der Waals surface area contributed by atoms with Gasteiger partial charge in [0.15, 0.2) is 0 Å². The molecule has 2 atom stereocenters. The second kappa shape index (κ2) is 8.12. The molecule has 0 aromatic heterocycles. The van der Waals surface area contributed by atoms with Crippen molar-refractivity contribution in [2.24, 2.45) is 5.73 Å². The van der Waals surface area contributed by atoms with Crippen LogP contribution in [0.4, 0.5) is 0 Å². The van der Waals surface area contributed by atoms with Crippen LogP contribution in [-0.4, -0.2) is 50.0 Å². The van der Waals surface area contributed by atoms with E-state index in [4.69, 9.17) is 5.73 Å². The van der Waals surface area contributed by atoms with Crippen LogP contribution in [0.15, 0.2) is 60.7 Å². The molecule has 0 bridgehead atoms. The molecule has 3 N–H and O–H groups in total. The van der Waals surface area contributed by atoms with Crippen molar-refractivity contribution in [2.75, 3.05) is 12.8 Å². The molecular weight excluding hydrogens is 378 g/mol. The monoisotopic (exact) mass is 401 g/mol. The summed E-state index contributed by atoms with van der Waals surface area (Å²) in [6, 6.07) is 16.7. The van der Waals surface area contributed by atoms with E-state index in [1.807, 2.05) is 60.7 Å². The Kier molecular flexibility index (Phi) is 5.81. The molecule has 3 rings (SSSR count). The molecule has 1 saturated heterocycles. The summed E-state index contributed by atoms with van der Waals surface area (Å²) in [5.41, 5.74) is 6.96. The van der Waals surface area contributed by atoms with Crippen molar-refractivity contribution < 1.29 is 18.0 Å². The van der Waals surface area contributed by atoms with E-state index in [2.05, 4.69) is 4.72 Å². The molecule has 0 saturated carbocycles.